The molecule has 1 aromatic heterocycles. The Kier molecular flexibility index (Phi) is 7.22. The molecule has 3 aromatic rings. The summed E-state index contributed by atoms with van der Waals surface area (Å²) in [7, 11) is 1.75. The van der Waals surface area contributed by atoms with Gasteiger partial charge in [-0.2, -0.15) is 5.10 Å². The fraction of sp³-hybridized carbons (Fsp3) is 0.238. The van der Waals surface area contributed by atoms with Crippen LogP contribution < -0.4 is 4.74 Å². The van der Waals surface area contributed by atoms with Gasteiger partial charge in [0.2, 0.25) is 0 Å². The van der Waals surface area contributed by atoms with Crippen molar-refractivity contribution in [3.63, 3.8) is 0 Å². The van der Waals surface area contributed by atoms with Gasteiger partial charge in [-0.25, -0.2) is 0 Å². The van der Waals surface area contributed by atoms with Crippen molar-refractivity contribution in [2.45, 2.75) is 26.6 Å². The number of hydrogen-bond acceptors (Lipinski definition) is 3. The van der Waals surface area contributed by atoms with E-state index >= 15 is 0 Å². The third-order valence-corrected chi connectivity index (χ3v) is 5.52. The van der Waals surface area contributed by atoms with Crippen molar-refractivity contribution < 1.29 is 9.53 Å². The van der Waals surface area contributed by atoms with Gasteiger partial charge >= 0.3 is 0 Å². The second kappa shape index (κ2) is 9.65. The van der Waals surface area contributed by atoms with Crippen molar-refractivity contribution in [3.05, 3.63) is 80.0 Å². The lowest BCUT2D eigenvalue weighted by molar-refractivity contribution is 0.0781. The predicted molar refractivity (Wildman–Crippen MR) is 119 cm³/mol. The van der Waals surface area contributed by atoms with E-state index in [0.717, 1.165) is 15.7 Å². The molecule has 5 nitrogen and oxygen atoms in total. The Hall–Kier alpha value is -2.02. The minimum atomic E-state index is -0.0895. The molecule has 0 unspecified atom stereocenters. The zero-order valence-electron chi connectivity index (χ0n) is 16.0. The molecule has 0 aliphatic heterocycles. The van der Waals surface area contributed by atoms with Gasteiger partial charge < -0.3 is 9.64 Å². The van der Waals surface area contributed by atoms with Crippen LogP contribution in [0.25, 0.3) is 0 Å². The van der Waals surface area contributed by atoms with Crippen molar-refractivity contribution >= 4 is 45.0 Å². The first-order valence-electron chi connectivity index (χ1n) is 9.01. The number of halogens is 3. The van der Waals surface area contributed by atoms with Crippen molar-refractivity contribution in [3.8, 4) is 5.75 Å². The summed E-state index contributed by atoms with van der Waals surface area (Å²) in [5, 5.41) is 5.31. The minimum absolute atomic E-state index is 0.0895. The first kappa shape index (κ1) is 21.7. The third-order valence-electron chi connectivity index (χ3n) is 4.42. The number of ether oxygens (including phenoxy) is 1. The van der Waals surface area contributed by atoms with Crippen LogP contribution in [0.15, 0.2) is 53.1 Å². The quantitative estimate of drug-likeness (QED) is 0.413. The number of aryl methyl sites for hydroxylation is 1. The van der Waals surface area contributed by atoms with E-state index in [0.29, 0.717) is 41.1 Å². The van der Waals surface area contributed by atoms with E-state index in [2.05, 4.69) is 21.0 Å². The van der Waals surface area contributed by atoms with Crippen LogP contribution in [0, 0.1) is 0 Å². The Morgan fingerprint density at radius 3 is 2.55 bits per heavy atom. The molecule has 1 amide bonds. The highest BCUT2D eigenvalue weighted by Crippen LogP contribution is 2.28. The Labute approximate surface area is 188 Å². The second-order valence-electron chi connectivity index (χ2n) is 6.48. The average molecular weight is 497 g/mol. The largest absolute Gasteiger partial charge is 0.487 e. The summed E-state index contributed by atoms with van der Waals surface area (Å²) < 4.78 is 8.45. The molecule has 0 radical (unpaired) electrons. The predicted octanol–water partition coefficient (Wildman–Crippen LogP) is 5.82. The van der Waals surface area contributed by atoms with Crippen LogP contribution in [-0.2, 0) is 19.7 Å². The molecule has 2 aromatic carbocycles. The fourth-order valence-electron chi connectivity index (χ4n) is 2.83. The van der Waals surface area contributed by atoms with Gasteiger partial charge in [-0.05, 0) is 42.8 Å². The van der Waals surface area contributed by atoms with Gasteiger partial charge in [-0.15, -0.1) is 0 Å². The molecule has 0 aliphatic rings. The third kappa shape index (κ3) is 5.32. The lowest BCUT2D eigenvalue weighted by Crippen LogP contribution is -2.27. The van der Waals surface area contributed by atoms with E-state index < -0.39 is 0 Å². The molecule has 0 N–H and O–H groups in total. The number of carbonyl (C=O) groups is 1. The number of carbonyl (C=O) groups excluding carboxylic acids is 1. The Morgan fingerprint density at radius 1 is 1.17 bits per heavy atom. The monoisotopic (exact) mass is 495 g/mol. The average Bonchev–Trinajstić information content (AvgIpc) is 3.06. The zero-order valence-corrected chi connectivity index (χ0v) is 19.1. The number of amides is 1. The summed E-state index contributed by atoms with van der Waals surface area (Å²) in [6.07, 6.45) is 1.60. The van der Waals surface area contributed by atoms with Crippen LogP contribution in [-0.4, -0.2) is 27.6 Å². The summed E-state index contributed by atoms with van der Waals surface area (Å²) in [4.78, 5) is 14.4. The maximum atomic E-state index is 12.7. The number of aromatic nitrogens is 2. The fourth-order valence-corrected chi connectivity index (χ4v) is 3.76. The van der Waals surface area contributed by atoms with Crippen LogP contribution >= 0.6 is 39.1 Å². The molecule has 0 saturated carbocycles. The van der Waals surface area contributed by atoms with Crippen molar-refractivity contribution in [2.24, 2.45) is 0 Å². The smallest absolute Gasteiger partial charge is 0.253 e. The highest BCUT2D eigenvalue weighted by molar-refractivity contribution is 9.10. The van der Waals surface area contributed by atoms with E-state index in [1.807, 2.05) is 31.2 Å². The Bertz CT molecular complexity index is 1010. The Balaban J connectivity index is 1.62. The topological polar surface area (TPSA) is 47.4 Å². The van der Waals surface area contributed by atoms with Crippen LogP contribution in [0.4, 0.5) is 0 Å². The van der Waals surface area contributed by atoms with Crippen molar-refractivity contribution in [1.29, 1.82) is 0 Å². The molecule has 152 valence electrons. The van der Waals surface area contributed by atoms with E-state index in [1.165, 1.54) is 0 Å². The summed E-state index contributed by atoms with van der Waals surface area (Å²) in [6.45, 7) is 3.42. The summed E-state index contributed by atoms with van der Waals surface area (Å²) in [6, 6.07) is 12.8. The molecule has 8 heteroatoms. The zero-order chi connectivity index (χ0) is 21.0. The highest BCUT2D eigenvalue weighted by atomic mass is 79.9. The van der Waals surface area contributed by atoms with E-state index in [1.54, 1.807) is 41.0 Å². The van der Waals surface area contributed by atoms with E-state index in [4.69, 9.17) is 27.9 Å². The Morgan fingerprint density at radius 2 is 1.90 bits per heavy atom. The summed E-state index contributed by atoms with van der Waals surface area (Å²) in [5.41, 5.74) is 2.35. The molecular weight excluding hydrogens is 477 g/mol. The van der Waals surface area contributed by atoms with E-state index in [-0.39, 0.29) is 5.91 Å². The maximum absolute atomic E-state index is 12.7. The summed E-state index contributed by atoms with van der Waals surface area (Å²) >= 11 is 15.7. The van der Waals surface area contributed by atoms with Gasteiger partial charge in [-0.3, -0.25) is 9.48 Å². The van der Waals surface area contributed by atoms with Gasteiger partial charge in [0, 0.05) is 23.6 Å². The molecule has 0 spiro atoms. The number of nitrogens with zero attached hydrogens (tertiary/aromatic N) is 3. The lowest BCUT2D eigenvalue weighted by atomic mass is 10.1. The second-order valence-corrected chi connectivity index (χ2v) is 8.21. The standard InChI is InChI=1S/C21H20BrCl2N3O2/c1-3-27-19(18(24)11-25-27)12-26(2)21(28)15-6-4-14(5-7-15)13-29-20-9-8-16(22)10-17(20)23/h4-11H,3,12-13H2,1-2H3. The molecule has 0 saturated heterocycles. The molecule has 0 atom stereocenters. The highest BCUT2D eigenvalue weighted by Gasteiger charge is 2.16. The van der Waals surface area contributed by atoms with Crippen LogP contribution in [0.2, 0.25) is 10.0 Å². The SMILES string of the molecule is CCn1ncc(Cl)c1CN(C)C(=O)c1ccc(COc2ccc(Br)cc2Cl)cc1. The molecule has 0 aliphatic carbocycles. The van der Waals surface area contributed by atoms with Crippen LogP contribution in [0.5, 0.6) is 5.75 Å². The molecule has 29 heavy (non-hydrogen) atoms. The van der Waals surface area contributed by atoms with Gasteiger partial charge in [-0.1, -0.05) is 51.3 Å². The molecule has 1 heterocycles. The van der Waals surface area contributed by atoms with E-state index in [9.17, 15) is 4.79 Å². The number of benzene rings is 2. The lowest BCUT2D eigenvalue weighted by Gasteiger charge is -2.18. The minimum Gasteiger partial charge on any atom is -0.487 e. The van der Waals surface area contributed by atoms with Gasteiger partial charge in [0.1, 0.15) is 12.4 Å². The molecular formula is C21H20BrCl2N3O2. The van der Waals surface area contributed by atoms with Crippen molar-refractivity contribution in [1.82, 2.24) is 14.7 Å². The van der Waals surface area contributed by atoms with Crippen LogP contribution in [0.3, 0.4) is 0 Å². The molecule has 0 fully saturated rings. The first-order chi connectivity index (χ1) is 13.9. The first-order valence-corrected chi connectivity index (χ1v) is 10.6. The van der Waals surface area contributed by atoms with Crippen LogP contribution in [0.1, 0.15) is 28.5 Å². The van der Waals surface area contributed by atoms with Gasteiger partial charge in [0.15, 0.2) is 0 Å². The van der Waals surface area contributed by atoms with Gasteiger partial charge in [0.05, 0.1) is 28.5 Å². The normalized spacial score (nSPS) is 10.8. The van der Waals surface area contributed by atoms with Gasteiger partial charge in [0.25, 0.3) is 5.91 Å². The van der Waals surface area contributed by atoms with Crippen molar-refractivity contribution in [2.75, 3.05) is 7.05 Å². The molecule has 0 bridgehead atoms. The number of hydrogen-bond donors (Lipinski definition) is 0. The maximum Gasteiger partial charge on any atom is 0.253 e. The molecule has 3 rings (SSSR count). The number of rotatable bonds is 7. The summed E-state index contributed by atoms with van der Waals surface area (Å²) in [5.74, 6) is 0.521.